The van der Waals surface area contributed by atoms with Crippen LogP contribution in [0, 0.1) is 0 Å². The van der Waals surface area contributed by atoms with Crippen LogP contribution in [0.4, 0.5) is 17.1 Å². The molecule has 0 unspecified atom stereocenters. The normalized spacial score (nSPS) is 14.5. The summed E-state index contributed by atoms with van der Waals surface area (Å²) in [4.78, 5) is 2.59. The summed E-state index contributed by atoms with van der Waals surface area (Å²) in [5.41, 5.74) is 21.4. The van der Waals surface area contributed by atoms with Gasteiger partial charge in [0, 0.05) is 18.0 Å². The van der Waals surface area contributed by atoms with E-state index in [0.29, 0.717) is 0 Å². The van der Waals surface area contributed by atoms with Crippen LogP contribution in [0.3, 0.4) is 0 Å². The highest BCUT2D eigenvalue weighted by Crippen LogP contribution is 2.65. The molecule has 252 valence electrons. The topological polar surface area (TPSA) is 3.24 Å². The summed E-state index contributed by atoms with van der Waals surface area (Å²) >= 11 is 0. The van der Waals surface area contributed by atoms with Crippen LogP contribution in [0.1, 0.15) is 48.7 Å². The first-order valence-electron chi connectivity index (χ1n) is 18.7. The van der Waals surface area contributed by atoms with E-state index >= 15 is 0 Å². The monoisotopic (exact) mass is 677 g/mol. The van der Waals surface area contributed by atoms with E-state index in [-0.39, 0.29) is 6.84 Å². The van der Waals surface area contributed by atoms with E-state index in [4.69, 9.17) is 0 Å². The molecule has 0 fully saturated rings. The molecule has 0 saturated heterocycles. The van der Waals surface area contributed by atoms with E-state index in [1.165, 1.54) is 89.3 Å². The molecule has 8 aromatic rings. The first kappa shape index (κ1) is 30.2. The second kappa shape index (κ2) is 11.0. The molecule has 3 aliphatic carbocycles. The molecule has 0 heterocycles. The molecule has 0 aliphatic heterocycles. The second-order valence-electron chi connectivity index (χ2n) is 15.2. The molecule has 1 nitrogen and oxygen atoms in total. The fourth-order valence-corrected chi connectivity index (χ4v) is 10.2. The lowest BCUT2D eigenvalue weighted by Gasteiger charge is -2.35. The molecular weight excluding hydrogens is 639 g/mol. The summed E-state index contributed by atoms with van der Waals surface area (Å²) in [6.07, 6.45) is 0. The van der Waals surface area contributed by atoms with Gasteiger partial charge in [-0.1, -0.05) is 184 Å². The number of rotatable bonds is 4. The zero-order valence-corrected chi connectivity index (χ0v) is 29.8. The smallest absolute Gasteiger partial charge is 0.0726 e. The van der Waals surface area contributed by atoms with Crippen molar-refractivity contribution in [3.05, 3.63) is 221 Å². The maximum absolute atomic E-state index is 2.59. The van der Waals surface area contributed by atoms with Crippen LogP contribution in [0.15, 0.2) is 188 Å². The summed E-state index contributed by atoms with van der Waals surface area (Å²) in [5, 5.41) is 0. The molecule has 0 aromatic heterocycles. The molecule has 0 atom stereocenters. The number of para-hydroxylation sites is 1. The number of benzene rings is 8. The highest BCUT2D eigenvalue weighted by Gasteiger charge is 2.52. The van der Waals surface area contributed by atoms with Gasteiger partial charge in [0.2, 0.25) is 0 Å². The zero-order chi connectivity index (χ0) is 35.3. The Morgan fingerprint density at radius 3 is 1.45 bits per heavy atom. The average Bonchev–Trinajstić information content (AvgIpc) is 3.78. The van der Waals surface area contributed by atoms with Gasteiger partial charge in [-0.25, -0.2) is 0 Å². The number of hydrogen-bond donors (Lipinski definition) is 0. The lowest BCUT2D eigenvalue weighted by molar-refractivity contribution is 0.661. The van der Waals surface area contributed by atoms with Gasteiger partial charge in [-0.15, -0.1) is 0 Å². The van der Waals surface area contributed by atoms with Crippen molar-refractivity contribution >= 4 is 17.1 Å². The van der Waals surface area contributed by atoms with Crippen LogP contribution in [0.5, 0.6) is 0 Å². The molecule has 1 spiro atoms. The minimum Gasteiger partial charge on any atom is -0.309 e. The van der Waals surface area contributed by atoms with Crippen LogP contribution in [-0.4, -0.2) is 0 Å². The van der Waals surface area contributed by atoms with Gasteiger partial charge >= 0.3 is 0 Å². The van der Waals surface area contributed by atoms with Gasteiger partial charge in [0.1, 0.15) is 0 Å². The number of anilines is 3. The third-order valence-electron chi connectivity index (χ3n) is 12.3. The molecule has 53 heavy (non-hydrogen) atoms. The Morgan fingerprint density at radius 2 is 0.774 bits per heavy atom. The molecule has 11 rings (SSSR count). The minimum atomic E-state index is -0.423. The maximum atomic E-state index is 2.59. The summed E-state index contributed by atoms with van der Waals surface area (Å²) in [6.45, 7) is 4.79. The van der Waals surface area contributed by atoms with E-state index in [9.17, 15) is 0 Å². The Labute approximate surface area is 313 Å². The third kappa shape index (κ3) is 3.92. The van der Waals surface area contributed by atoms with Gasteiger partial charge in [0.15, 0.2) is 0 Å². The predicted molar refractivity (Wildman–Crippen MR) is 223 cm³/mol. The van der Waals surface area contributed by atoms with Crippen LogP contribution >= 0.6 is 0 Å². The molecule has 0 N–H and O–H groups in total. The Morgan fingerprint density at radius 1 is 0.340 bits per heavy atom. The van der Waals surface area contributed by atoms with Crippen molar-refractivity contribution in [2.75, 3.05) is 4.90 Å². The van der Waals surface area contributed by atoms with Crippen molar-refractivity contribution in [2.45, 2.75) is 24.7 Å². The Hall–Kier alpha value is -6.44. The fraction of sp³-hybridized carbons (Fsp3) is 0.0769. The fourth-order valence-electron chi connectivity index (χ4n) is 10.2. The minimum absolute atomic E-state index is 0. The highest BCUT2D eigenvalue weighted by molar-refractivity contribution is 6.03. The van der Waals surface area contributed by atoms with Crippen molar-refractivity contribution < 1.29 is 1.43 Å². The molecule has 0 amide bonds. The van der Waals surface area contributed by atoms with Gasteiger partial charge in [0.05, 0.1) is 22.5 Å². The molecule has 8 aromatic carbocycles. The van der Waals surface area contributed by atoms with E-state index in [1.54, 1.807) is 0 Å². The standard InChI is InChI=1S/C52H37N.H2/c1-51(2)41-26-11-6-23-38(41)39-25-16-33-48(50(39)51)53(46-31-15-10-20-35(46)34-18-4-3-5-19-34)47-32-17-30-45-49(47)40-24-9-14-29-44(40)52(45)42-27-12-7-21-36(42)37-22-8-13-28-43(37)52;/h3-33H,1-2H3;1H. The van der Waals surface area contributed by atoms with Crippen molar-refractivity contribution in [3.8, 4) is 44.5 Å². The maximum Gasteiger partial charge on any atom is 0.0726 e. The van der Waals surface area contributed by atoms with Crippen LogP contribution in [0.2, 0.25) is 0 Å². The van der Waals surface area contributed by atoms with Gasteiger partial charge in [0.25, 0.3) is 0 Å². The van der Waals surface area contributed by atoms with E-state index in [0.717, 1.165) is 5.69 Å². The zero-order valence-electron chi connectivity index (χ0n) is 29.8. The third-order valence-corrected chi connectivity index (χ3v) is 12.3. The highest BCUT2D eigenvalue weighted by atomic mass is 15.2. The second-order valence-corrected chi connectivity index (χ2v) is 15.2. The lowest BCUT2D eigenvalue weighted by atomic mass is 9.70. The SMILES string of the molecule is CC1(C)c2ccccc2-c2cccc(N(c3ccccc3-c3ccccc3)c3cccc4c3-c3ccccc3C43c4ccccc4-c4ccccc43)c21.[HH]. The Kier molecular flexibility index (Phi) is 6.29. The van der Waals surface area contributed by atoms with Gasteiger partial charge < -0.3 is 4.90 Å². The van der Waals surface area contributed by atoms with Crippen molar-refractivity contribution in [3.63, 3.8) is 0 Å². The van der Waals surface area contributed by atoms with E-state index in [2.05, 4.69) is 207 Å². The van der Waals surface area contributed by atoms with Gasteiger partial charge in [-0.2, -0.15) is 0 Å². The number of fused-ring (bicyclic) bond motifs is 13. The largest absolute Gasteiger partial charge is 0.309 e. The molecule has 3 aliphatic rings. The Bertz CT molecular complexity index is 2730. The molecular formula is C52H39N. The van der Waals surface area contributed by atoms with Crippen molar-refractivity contribution in [1.82, 2.24) is 0 Å². The van der Waals surface area contributed by atoms with Gasteiger partial charge in [-0.3, -0.25) is 0 Å². The molecule has 0 bridgehead atoms. The Balaban J connectivity index is 0.00000361. The van der Waals surface area contributed by atoms with E-state index < -0.39 is 5.41 Å². The first-order valence-corrected chi connectivity index (χ1v) is 18.7. The molecule has 1 heteroatoms. The lowest BCUT2D eigenvalue weighted by Crippen LogP contribution is -2.26. The summed E-state index contributed by atoms with van der Waals surface area (Å²) < 4.78 is 0. The summed E-state index contributed by atoms with van der Waals surface area (Å²) in [6, 6.07) is 70.1. The first-order chi connectivity index (χ1) is 26.1. The predicted octanol–water partition coefficient (Wildman–Crippen LogP) is 13.7. The van der Waals surface area contributed by atoms with E-state index in [1.807, 2.05) is 0 Å². The van der Waals surface area contributed by atoms with Crippen molar-refractivity contribution in [1.29, 1.82) is 0 Å². The summed E-state index contributed by atoms with van der Waals surface area (Å²) in [5.74, 6) is 0. The molecule has 0 saturated carbocycles. The van der Waals surface area contributed by atoms with Crippen molar-refractivity contribution in [2.24, 2.45) is 0 Å². The number of nitrogens with zero attached hydrogens (tertiary/aromatic N) is 1. The summed E-state index contributed by atoms with van der Waals surface area (Å²) in [7, 11) is 0. The quantitative estimate of drug-likeness (QED) is 0.179. The average molecular weight is 678 g/mol. The van der Waals surface area contributed by atoms with Crippen LogP contribution in [-0.2, 0) is 10.8 Å². The van der Waals surface area contributed by atoms with Crippen LogP contribution < -0.4 is 4.90 Å². The molecule has 0 radical (unpaired) electrons. The van der Waals surface area contributed by atoms with Gasteiger partial charge in [-0.05, 0) is 85.0 Å². The van der Waals surface area contributed by atoms with Crippen LogP contribution in [0.25, 0.3) is 44.5 Å². The number of hydrogen-bond acceptors (Lipinski definition) is 1.